The number of carbonyl (C=O) groups excluding carboxylic acids is 1. The number of pyridine rings is 1. The third-order valence-corrected chi connectivity index (χ3v) is 4.19. The Morgan fingerprint density at radius 2 is 1.95 bits per heavy atom. The van der Waals surface area contributed by atoms with Crippen LogP contribution in [0.4, 0.5) is 5.69 Å². The first-order valence-electron chi connectivity index (χ1n) is 6.09. The Kier molecular flexibility index (Phi) is 4.39. The van der Waals surface area contributed by atoms with Gasteiger partial charge in [0, 0.05) is 16.4 Å². The first-order valence-corrected chi connectivity index (χ1v) is 6.88. The number of amides is 1. The van der Waals surface area contributed by atoms with Crippen molar-refractivity contribution in [2.45, 2.75) is 13.8 Å². The molecule has 0 aliphatic carbocycles. The number of benzene rings is 1. The summed E-state index contributed by atoms with van der Waals surface area (Å²) in [6.07, 6.45) is 3.09. The summed E-state index contributed by atoms with van der Waals surface area (Å²) >= 11 is 3.51. The fourth-order valence-electron chi connectivity index (χ4n) is 1.95. The lowest BCUT2D eigenvalue weighted by molar-refractivity contribution is 0.102. The number of methoxy groups -OCH3 is 1. The lowest BCUT2D eigenvalue weighted by atomic mass is 10.1. The number of nitrogens with one attached hydrogen (secondary N) is 1. The molecule has 0 bridgehead atoms. The zero-order valence-electron chi connectivity index (χ0n) is 11.5. The second-order valence-corrected chi connectivity index (χ2v) is 5.25. The van der Waals surface area contributed by atoms with Crippen LogP contribution < -0.4 is 10.1 Å². The van der Waals surface area contributed by atoms with E-state index >= 15 is 0 Å². The topological polar surface area (TPSA) is 51.2 Å². The maximum absolute atomic E-state index is 12.3. The van der Waals surface area contributed by atoms with Crippen LogP contribution in [0.15, 0.2) is 35.1 Å². The SMILES string of the molecule is COc1cnccc1C(=O)Nc1cc(C)c(Br)c(C)c1. The standard InChI is InChI=1S/C15H15BrN2O2/c1-9-6-11(7-10(2)14(9)16)18-15(19)12-4-5-17-8-13(12)20-3/h4-8H,1-3H3,(H,18,19). The summed E-state index contributed by atoms with van der Waals surface area (Å²) in [6.45, 7) is 3.97. The van der Waals surface area contributed by atoms with Crippen molar-refractivity contribution in [1.29, 1.82) is 0 Å². The van der Waals surface area contributed by atoms with Crippen molar-refractivity contribution in [2.75, 3.05) is 12.4 Å². The van der Waals surface area contributed by atoms with Gasteiger partial charge in [0.1, 0.15) is 5.75 Å². The fourth-order valence-corrected chi connectivity index (χ4v) is 2.18. The predicted octanol–water partition coefficient (Wildman–Crippen LogP) is 3.72. The molecule has 0 spiro atoms. The molecule has 20 heavy (non-hydrogen) atoms. The number of halogens is 1. The Hall–Kier alpha value is -1.88. The number of nitrogens with zero attached hydrogens (tertiary/aromatic N) is 1. The van der Waals surface area contributed by atoms with E-state index in [1.54, 1.807) is 12.3 Å². The molecule has 0 aliphatic heterocycles. The quantitative estimate of drug-likeness (QED) is 0.930. The summed E-state index contributed by atoms with van der Waals surface area (Å²) in [5.41, 5.74) is 3.36. The second-order valence-electron chi connectivity index (χ2n) is 4.45. The largest absolute Gasteiger partial charge is 0.494 e. The van der Waals surface area contributed by atoms with Crippen molar-refractivity contribution in [3.8, 4) is 5.75 Å². The number of hydrogen-bond donors (Lipinski definition) is 1. The molecule has 1 heterocycles. The molecular formula is C15H15BrN2O2. The van der Waals surface area contributed by atoms with Crippen LogP contribution in [0, 0.1) is 13.8 Å². The number of aromatic nitrogens is 1. The molecule has 1 aromatic carbocycles. The highest BCUT2D eigenvalue weighted by atomic mass is 79.9. The minimum atomic E-state index is -0.217. The van der Waals surface area contributed by atoms with Crippen LogP contribution in [0.1, 0.15) is 21.5 Å². The number of carbonyl (C=O) groups is 1. The van der Waals surface area contributed by atoms with Crippen LogP contribution in [-0.2, 0) is 0 Å². The van der Waals surface area contributed by atoms with Gasteiger partial charge >= 0.3 is 0 Å². The van der Waals surface area contributed by atoms with Crippen molar-refractivity contribution in [3.05, 3.63) is 51.8 Å². The molecule has 0 saturated heterocycles. The van der Waals surface area contributed by atoms with Crippen molar-refractivity contribution in [1.82, 2.24) is 4.98 Å². The molecular weight excluding hydrogens is 320 g/mol. The summed E-state index contributed by atoms with van der Waals surface area (Å²) in [4.78, 5) is 16.2. The molecule has 104 valence electrons. The third kappa shape index (κ3) is 2.99. The van der Waals surface area contributed by atoms with Gasteiger partial charge in [0.15, 0.2) is 0 Å². The van der Waals surface area contributed by atoms with Gasteiger partial charge in [0.2, 0.25) is 0 Å². The van der Waals surface area contributed by atoms with Crippen molar-refractivity contribution >= 4 is 27.5 Å². The summed E-state index contributed by atoms with van der Waals surface area (Å²) < 4.78 is 6.19. The van der Waals surface area contributed by atoms with Crippen molar-refractivity contribution < 1.29 is 9.53 Å². The van der Waals surface area contributed by atoms with Gasteiger partial charge in [0.05, 0.1) is 18.9 Å². The highest BCUT2D eigenvalue weighted by Crippen LogP contribution is 2.26. The van der Waals surface area contributed by atoms with E-state index < -0.39 is 0 Å². The van der Waals surface area contributed by atoms with Crippen molar-refractivity contribution in [3.63, 3.8) is 0 Å². The Morgan fingerprint density at radius 3 is 2.55 bits per heavy atom. The smallest absolute Gasteiger partial charge is 0.259 e. The molecule has 1 aromatic heterocycles. The molecule has 5 heteroatoms. The van der Waals surface area contributed by atoms with Gasteiger partial charge < -0.3 is 10.1 Å². The van der Waals surface area contributed by atoms with Crippen LogP contribution in [0.2, 0.25) is 0 Å². The van der Waals surface area contributed by atoms with Gasteiger partial charge in [0.25, 0.3) is 5.91 Å². The highest BCUT2D eigenvalue weighted by molar-refractivity contribution is 9.10. The number of hydrogen-bond acceptors (Lipinski definition) is 3. The molecule has 0 fully saturated rings. The van der Waals surface area contributed by atoms with Gasteiger partial charge in [-0.25, -0.2) is 0 Å². The lowest BCUT2D eigenvalue weighted by Gasteiger charge is -2.11. The third-order valence-electron chi connectivity index (χ3n) is 2.94. The maximum Gasteiger partial charge on any atom is 0.259 e. The average molecular weight is 335 g/mol. The molecule has 1 N–H and O–H groups in total. The van der Waals surface area contributed by atoms with E-state index in [4.69, 9.17) is 4.74 Å². The van der Waals surface area contributed by atoms with Crippen LogP contribution in [0.25, 0.3) is 0 Å². The zero-order chi connectivity index (χ0) is 14.7. The van der Waals surface area contributed by atoms with E-state index in [0.717, 1.165) is 21.3 Å². The minimum Gasteiger partial charge on any atom is -0.494 e. The van der Waals surface area contributed by atoms with E-state index in [2.05, 4.69) is 26.2 Å². The van der Waals surface area contributed by atoms with Crippen LogP contribution in [0.3, 0.4) is 0 Å². The van der Waals surface area contributed by atoms with Gasteiger partial charge in [-0.2, -0.15) is 0 Å². The Bertz CT molecular complexity index is 633. The van der Waals surface area contributed by atoms with Gasteiger partial charge in [-0.05, 0) is 43.2 Å². The van der Waals surface area contributed by atoms with E-state index in [-0.39, 0.29) is 5.91 Å². The summed E-state index contributed by atoms with van der Waals surface area (Å²) in [5.74, 6) is 0.237. The monoisotopic (exact) mass is 334 g/mol. The fraction of sp³-hybridized carbons (Fsp3) is 0.200. The molecule has 0 aliphatic rings. The van der Waals surface area contributed by atoms with E-state index in [0.29, 0.717) is 11.3 Å². The van der Waals surface area contributed by atoms with Crippen molar-refractivity contribution in [2.24, 2.45) is 0 Å². The zero-order valence-corrected chi connectivity index (χ0v) is 13.1. The minimum absolute atomic E-state index is 0.217. The first kappa shape index (κ1) is 14.5. The predicted molar refractivity (Wildman–Crippen MR) is 82.4 cm³/mol. The van der Waals surface area contributed by atoms with Crippen LogP contribution >= 0.6 is 15.9 Å². The molecule has 2 rings (SSSR count). The molecule has 0 unspecified atom stereocenters. The van der Waals surface area contributed by atoms with Crippen LogP contribution in [-0.4, -0.2) is 18.0 Å². The molecule has 0 atom stereocenters. The Morgan fingerprint density at radius 1 is 1.30 bits per heavy atom. The van der Waals surface area contributed by atoms with E-state index in [1.165, 1.54) is 13.3 Å². The highest BCUT2D eigenvalue weighted by Gasteiger charge is 2.13. The molecule has 2 aromatic rings. The Balaban J connectivity index is 2.28. The normalized spacial score (nSPS) is 10.2. The molecule has 1 amide bonds. The summed E-state index contributed by atoms with van der Waals surface area (Å²) in [6, 6.07) is 5.47. The average Bonchev–Trinajstić information content (AvgIpc) is 2.44. The molecule has 4 nitrogen and oxygen atoms in total. The lowest BCUT2D eigenvalue weighted by Crippen LogP contribution is -2.13. The number of anilines is 1. The Labute approximate surface area is 126 Å². The first-order chi connectivity index (χ1) is 9.52. The molecule has 0 radical (unpaired) electrons. The van der Waals surface area contributed by atoms with Gasteiger partial charge in [-0.1, -0.05) is 15.9 Å². The maximum atomic E-state index is 12.3. The second kappa shape index (κ2) is 6.05. The summed E-state index contributed by atoms with van der Waals surface area (Å²) in [7, 11) is 1.52. The van der Waals surface area contributed by atoms with E-state index in [1.807, 2.05) is 26.0 Å². The summed E-state index contributed by atoms with van der Waals surface area (Å²) in [5, 5.41) is 2.87. The number of ether oxygens (including phenoxy) is 1. The van der Waals surface area contributed by atoms with Crippen LogP contribution in [0.5, 0.6) is 5.75 Å². The van der Waals surface area contributed by atoms with Gasteiger partial charge in [-0.15, -0.1) is 0 Å². The number of aryl methyl sites for hydroxylation is 2. The van der Waals surface area contributed by atoms with E-state index in [9.17, 15) is 4.79 Å². The van der Waals surface area contributed by atoms with Gasteiger partial charge in [-0.3, -0.25) is 9.78 Å². The molecule has 0 saturated carbocycles. The number of rotatable bonds is 3.